The first-order valence-corrected chi connectivity index (χ1v) is 7.72. The third-order valence-corrected chi connectivity index (χ3v) is 4.08. The molecule has 0 aliphatic rings. The average molecular weight is 273 g/mol. The van der Waals surface area contributed by atoms with Gasteiger partial charge in [-0.25, -0.2) is 4.98 Å². The van der Waals surface area contributed by atoms with Crippen LogP contribution in [0.15, 0.2) is 17.6 Å². The Labute approximate surface area is 108 Å². The summed E-state index contributed by atoms with van der Waals surface area (Å²) in [5, 5.41) is 4.13. The van der Waals surface area contributed by atoms with E-state index in [-0.39, 0.29) is 0 Å². The summed E-state index contributed by atoms with van der Waals surface area (Å²) >= 11 is 9.67. The van der Waals surface area contributed by atoms with Crippen molar-refractivity contribution in [3.63, 3.8) is 0 Å². The van der Waals surface area contributed by atoms with Crippen LogP contribution in [0.5, 0.6) is 0 Å². The van der Waals surface area contributed by atoms with Crippen molar-refractivity contribution in [1.82, 2.24) is 4.98 Å². The molecule has 0 aliphatic heterocycles. The number of fused-ring (bicyclic) bond motifs is 1. The molecule has 0 aliphatic carbocycles. The molecule has 1 N–H and O–H groups in total. The average Bonchev–Trinajstić information content (AvgIpc) is 2.75. The fraction of sp³-hybridized carbons (Fsp3) is 0.364. The summed E-state index contributed by atoms with van der Waals surface area (Å²) in [5.74, 6) is 1.16. The van der Waals surface area contributed by atoms with Gasteiger partial charge in [0.1, 0.15) is 5.52 Å². The van der Waals surface area contributed by atoms with Gasteiger partial charge < -0.3 is 5.32 Å². The van der Waals surface area contributed by atoms with Gasteiger partial charge in [-0.2, -0.15) is 11.8 Å². The van der Waals surface area contributed by atoms with Crippen LogP contribution in [0.4, 0.5) is 5.69 Å². The molecule has 2 aromatic rings. The Morgan fingerprint density at radius 3 is 3.19 bits per heavy atom. The zero-order chi connectivity index (χ0) is 11.4. The number of hydrogen-bond donors (Lipinski definition) is 1. The number of hydrogen-bond acceptors (Lipinski definition) is 4. The highest BCUT2D eigenvalue weighted by Gasteiger charge is 2.07. The number of benzene rings is 1. The lowest BCUT2D eigenvalue weighted by Gasteiger charge is -2.08. The normalized spacial score (nSPS) is 10.9. The lowest BCUT2D eigenvalue weighted by atomic mass is 10.3. The number of thiazole rings is 1. The van der Waals surface area contributed by atoms with Crippen molar-refractivity contribution in [2.24, 2.45) is 0 Å². The first-order chi connectivity index (χ1) is 7.83. The number of nitrogens with zero attached hydrogens (tertiary/aromatic N) is 1. The molecule has 2 rings (SSSR count). The van der Waals surface area contributed by atoms with E-state index in [1.165, 1.54) is 4.70 Å². The van der Waals surface area contributed by atoms with E-state index in [0.717, 1.165) is 34.9 Å². The number of rotatable bonds is 5. The van der Waals surface area contributed by atoms with Gasteiger partial charge >= 0.3 is 0 Å². The summed E-state index contributed by atoms with van der Waals surface area (Å²) in [6.45, 7) is 0.942. The maximum atomic E-state index is 6.17. The minimum absolute atomic E-state index is 0.752. The van der Waals surface area contributed by atoms with Crippen molar-refractivity contribution in [2.45, 2.75) is 6.42 Å². The third kappa shape index (κ3) is 2.62. The number of nitrogens with one attached hydrogen (secondary N) is 1. The fourth-order valence-electron chi connectivity index (χ4n) is 1.50. The van der Waals surface area contributed by atoms with Crippen LogP contribution in [0, 0.1) is 0 Å². The van der Waals surface area contributed by atoms with Crippen LogP contribution in [0.25, 0.3) is 10.2 Å². The van der Waals surface area contributed by atoms with E-state index in [4.69, 9.17) is 11.6 Å². The number of anilines is 1. The third-order valence-electron chi connectivity index (χ3n) is 2.28. The van der Waals surface area contributed by atoms with Crippen LogP contribution in [-0.4, -0.2) is 23.5 Å². The molecule has 0 saturated heterocycles. The molecule has 5 heteroatoms. The predicted molar refractivity (Wildman–Crippen MR) is 76.1 cm³/mol. The highest BCUT2D eigenvalue weighted by atomic mass is 35.5. The second-order valence-corrected chi connectivity index (χ2v) is 5.67. The molecule has 0 radical (unpaired) electrons. The van der Waals surface area contributed by atoms with Gasteiger partial charge in [-0.15, -0.1) is 11.3 Å². The Hall–Kier alpha value is -0.450. The molecule has 0 unspecified atom stereocenters. The molecule has 1 heterocycles. The maximum Gasteiger partial charge on any atom is 0.106 e. The largest absolute Gasteiger partial charge is 0.382 e. The lowest BCUT2D eigenvalue weighted by molar-refractivity contribution is 0.995. The van der Waals surface area contributed by atoms with Crippen LogP contribution in [0.3, 0.4) is 0 Å². The highest BCUT2D eigenvalue weighted by molar-refractivity contribution is 7.98. The SMILES string of the molecule is CSCCCNc1c(Cl)ccc2scnc12. The Morgan fingerprint density at radius 2 is 2.38 bits per heavy atom. The summed E-state index contributed by atoms with van der Waals surface area (Å²) in [4.78, 5) is 4.34. The molecule has 86 valence electrons. The molecule has 16 heavy (non-hydrogen) atoms. The van der Waals surface area contributed by atoms with Crippen molar-refractivity contribution in [2.75, 3.05) is 23.9 Å². The topological polar surface area (TPSA) is 24.9 Å². The molecule has 0 bridgehead atoms. The molecule has 2 nitrogen and oxygen atoms in total. The number of halogens is 1. The molecule has 1 aromatic heterocycles. The van der Waals surface area contributed by atoms with E-state index in [1.54, 1.807) is 11.3 Å². The number of thioether (sulfide) groups is 1. The molecule has 0 atom stereocenters. The van der Waals surface area contributed by atoms with E-state index in [1.807, 2.05) is 29.4 Å². The second-order valence-electron chi connectivity index (χ2n) is 3.39. The molecular formula is C11H13ClN2S2. The standard InChI is InChI=1S/C11H13ClN2S2/c1-15-6-2-5-13-10-8(12)3-4-9-11(10)14-7-16-9/h3-4,7,13H,2,5-6H2,1H3. The summed E-state index contributed by atoms with van der Waals surface area (Å²) < 4.78 is 1.18. The van der Waals surface area contributed by atoms with Gasteiger partial charge in [0.15, 0.2) is 0 Å². The van der Waals surface area contributed by atoms with E-state index < -0.39 is 0 Å². The van der Waals surface area contributed by atoms with Gasteiger partial charge in [0, 0.05) is 6.54 Å². The van der Waals surface area contributed by atoms with Gasteiger partial charge in [0.05, 0.1) is 20.9 Å². The smallest absolute Gasteiger partial charge is 0.106 e. The Balaban J connectivity index is 2.15. The monoisotopic (exact) mass is 272 g/mol. The second kappa shape index (κ2) is 5.75. The van der Waals surface area contributed by atoms with Crippen LogP contribution in [-0.2, 0) is 0 Å². The zero-order valence-corrected chi connectivity index (χ0v) is 11.4. The van der Waals surface area contributed by atoms with Crippen LogP contribution < -0.4 is 5.32 Å². The quantitative estimate of drug-likeness (QED) is 0.829. The van der Waals surface area contributed by atoms with Crippen molar-refractivity contribution >= 4 is 50.6 Å². The molecular weight excluding hydrogens is 260 g/mol. The summed E-state index contributed by atoms with van der Waals surface area (Å²) in [7, 11) is 0. The summed E-state index contributed by atoms with van der Waals surface area (Å²) in [6.07, 6.45) is 3.26. The van der Waals surface area contributed by atoms with Crippen LogP contribution in [0.1, 0.15) is 6.42 Å². The molecule has 0 amide bonds. The van der Waals surface area contributed by atoms with Gasteiger partial charge in [-0.3, -0.25) is 0 Å². The highest BCUT2D eigenvalue weighted by Crippen LogP contribution is 2.32. The van der Waals surface area contributed by atoms with Crippen molar-refractivity contribution in [3.8, 4) is 0 Å². The first-order valence-electron chi connectivity index (χ1n) is 5.07. The lowest BCUT2D eigenvalue weighted by Crippen LogP contribution is -2.03. The van der Waals surface area contributed by atoms with E-state index >= 15 is 0 Å². The Bertz CT molecular complexity index is 470. The van der Waals surface area contributed by atoms with Crippen molar-refractivity contribution in [3.05, 3.63) is 22.7 Å². The minimum atomic E-state index is 0.752. The van der Waals surface area contributed by atoms with Crippen molar-refractivity contribution in [1.29, 1.82) is 0 Å². The van der Waals surface area contributed by atoms with Crippen LogP contribution >= 0.6 is 34.7 Å². The first kappa shape index (κ1) is 12.0. The molecule has 1 aromatic carbocycles. The predicted octanol–water partition coefficient (Wildman–Crippen LogP) is 4.11. The van der Waals surface area contributed by atoms with E-state index in [0.29, 0.717) is 0 Å². The van der Waals surface area contributed by atoms with Gasteiger partial charge in [-0.05, 0) is 30.6 Å². The molecule has 0 spiro atoms. The van der Waals surface area contributed by atoms with E-state index in [2.05, 4.69) is 16.6 Å². The van der Waals surface area contributed by atoms with Gasteiger partial charge in [0.2, 0.25) is 0 Å². The molecule has 0 saturated carbocycles. The maximum absolute atomic E-state index is 6.17. The van der Waals surface area contributed by atoms with Crippen molar-refractivity contribution < 1.29 is 0 Å². The van der Waals surface area contributed by atoms with Gasteiger partial charge in [-0.1, -0.05) is 11.6 Å². The fourth-order valence-corrected chi connectivity index (χ4v) is 2.84. The summed E-state index contributed by atoms with van der Waals surface area (Å²) in [6, 6.07) is 3.95. The number of aromatic nitrogens is 1. The van der Waals surface area contributed by atoms with Gasteiger partial charge in [0.25, 0.3) is 0 Å². The molecule has 0 fully saturated rings. The zero-order valence-electron chi connectivity index (χ0n) is 9.00. The Kier molecular flexibility index (Phi) is 4.32. The minimum Gasteiger partial charge on any atom is -0.382 e. The summed E-state index contributed by atoms with van der Waals surface area (Å²) in [5.41, 5.74) is 3.82. The van der Waals surface area contributed by atoms with Crippen LogP contribution in [0.2, 0.25) is 5.02 Å². The Morgan fingerprint density at radius 1 is 1.50 bits per heavy atom. The van der Waals surface area contributed by atoms with E-state index in [9.17, 15) is 0 Å².